The molecule has 92 valence electrons. The third kappa shape index (κ3) is 2.97. The Labute approximate surface area is 114 Å². The van der Waals surface area contributed by atoms with Gasteiger partial charge in [-0.15, -0.1) is 0 Å². The van der Waals surface area contributed by atoms with E-state index in [0.29, 0.717) is 16.3 Å². The third-order valence-electron chi connectivity index (χ3n) is 2.31. The van der Waals surface area contributed by atoms with Gasteiger partial charge in [0.25, 0.3) is 0 Å². The lowest BCUT2D eigenvalue weighted by atomic mass is 10.2. The third-order valence-corrected chi connectivity index (χ3v) is 3.65. The summed E-state index contributed by atoms with van der Waals surface area (Å²) in [6, 6.07) is 12.5. The molecule has 0 aliphatic heterocycles. The smallest absolute Gasteiger partial charge is 0.249 e. The van der Waals surface area contributed by atoms with Gasteiger partial charge in [0.05, 0.1) is 5.56 Å². The molecule has 2 aromatic rings. The molecule has 0 aromatic heterocycles. The van der Waals surface area contributed by atoms with Crippen molar-refractivity contribution in [3.05, 3.63) is 53.1 Å². The summed E-state index contributed by atoms with van der Waals surface area (Å²) in [5.74, 6) is -0.487. The highest BCUT2D eigenvalue weighted by Crippen LogP contribution is 2.32. The molecule has 0 aliphatic rings. The summed E-state index contributed by atoms with van der Waals surface area (Å²) in [6.07, 6.45) is 0. The molecule has 2 rings (SSSR count). The van der Waals surface area contributed by atoms with E-state index in [9.17, 15) is 4.79 Å². The molecule has 0 saturated heterocycles. The van der Waals surface area contributed by atoms with Crippen molar-refractivity contribution in [3.8, 4) is 0 Å². The van der Waals surface area contributed by atoms with Crippen LogP contribution in [-0.4, -0.2) is 5.91 Å². The molecule has 18 heavy (non-hydrogen) atoms. The van der Waals surface area contributed by atoms with Gasteiger partial charge < -0.3 is 11.5 Å². The fourth-order valence-electron chi connectivity index (χ4n) is 1.46. The minimum atomic E-state index is -0.487. The van der Waals surface area contributed by atoms with Crippen molar-refractivity contribution >= 4 is 35.0 Å². The predicted octanol–water partition coefficient (Wildman–Crippen LogP) is 3.17. The number of benzene rings is 2. The molecule has 0 unspecified atom stereocenters. The summed E-state index contributed by atoms with van der Waals surface area (Å²) in [5, 5.41) is 0.673. The Bertz CT molecular complexity index is 584. The summed E-state index contributed by atoms with van der Waals surface area (Å²) in [7, 11) is 0. The van der Waals surface area contributed by atoms with Gasteiger partial charge >= 0.3 is 0 Å². The monoisotopic (exact) mass is 278 g/mol. The molecule has 0 spiro atoms. The molecule has 0 radical (unpaired) electrons. The molecule has 0 fully saturated rings. The van der Waals surface area contributed by atoms with E-state index in [1.807, 2.05) is 12.1 Å². The van der Waals surface area contributed by atoms with Crippen molar-refractivity contribution in [3.63, 3.8) is 0 Å². The molecule has 2 aromatic carbocycles. The van der Waals surface area contributed by atoms with Gasteiger partial charge in [-0.2, -0.15) is 0 Å². The first-order chi connectivity index (χ1) is 8.56. The number of rotatable bonds is 3. The SMILES string of the molecule is NC(=O)c1cc(N)ccc1Sc1ccc(Cl)cc1. The molecule has 1 amide bonds. The average molecular weight is 279 g/mol. The van der Waals surface area contributed by atoms with Gasteiger partial charge in [-0.3, -0.25) is 4.79 Å². The lowest BCUT2D eigenvalue weighted by Crippen LogP contribution is -2.12. The van der Waals surface area contributed by atoms with Crippen LogP contribution in [0.4, 0.5) is 5.69 Å². The van der Waals surface area contributed by atoms with Crippen LogP contribution in [0.1, 0.15) is 10.4 Å². The molecule has 0 aliphatic carbocycles. The van der Waals surface area contributed by atoms with E-state index < -0.39 is 5.91 Å². The second-order valence-electron chi connectivity index (χ2n) is 3.68. The lowest BCUT2D eigenvalue weighted by molar-refractivity contribution is 0.0997. The van der Waals surface area contributed by atoms with Crippen LogP contribution < -0.4 is 11.5 Å². The molecule has 0 saturated carbocycles. The van der Waals surface area contributed by atoms with E-state index >= 15 is 0 Å². The first kappa shape index (κ1) is 12.8. The Morgan fingerprint density at radius 3 is 2.39 bits per heavy atom. The minimum Gasteiger partial charge on any atom is -0.399 e. The molecule has 0 bridgehead atoms. The number of nitrogens with two attached hydrogens (primary N) is 2. The first-order valence-electron chi connectivity index (χ1n) is 5.19. The van der Waals surface area contributed by atoms with Crippen molar-refractivity contribution in [2.45, 2.75) is 9.79 Å². The van der Waals surface area contributed by atoms with E-state index in [2.05, 4.69) is 0 Å². The number of amides is 1. The number of hydrogen-bond acceptors (Lipinski definition) is 3. The van der Waals surface area contributed by atoms with Gasteiger partial charge in [0.2, 0.25) is 5.91 Å². The lowest BCUT2D eigenvalue weighted by Gasteiger charge is -2.07. The van der Waals surface area contributed by atoms with Crippen LogP contribution in [-0.2, 0) is 0 Å². The number of nitrogen functional groups attached to an aromatic ring is 1. The zero-order valence-electron chi connectivity index (χ0n) is 9.39. The highest BCUT2D eigenvalue weighted by Gasteiger charge is 2.10. The Hall–Kier alpha value is -1.65. The summed E-state index contributed by atoms with van der Waals surface area (Å²) in [5.41, 5.74) is 11.9. The maximum Gasteiger partial charge on any atom is 0.249 e. The Morgan fingerprint density at radius 2 is 1.78 bits per heavy atom. The van der Waals surface area contributed by atoms with Gasteiger partial charge in [0.1, 0.15) is 0 Å². The average Bonchev–Trinajstić information content (AvgIpc) is 2.34. The van der Waals surface area contributed by atoms with E-state index in [1.165, 1.54) is 11.8 Å². The summed E-state index contributed by atoms with van der Waals surface area (Å²) in [4.78, 5) is 13.1. The topological polar surface area (TPSA) is 69.1 Å². The highest BCUT2D eigenvalue weighted by molar-refractivity contribution is 7.99. The second kappa shape index (κ2) is 5.33. The number of primary amides is 1. The van der Waals surface area contributed by atoms with Gasteiger partial charge in [0.15, 0.2) is 0 Å². The zero-order valence-corrected chi connectivity index (χ0v) is 11.0. The van der Waals surface area contributed by atoms with Crippen molar-refractivity contribution in [2.24, 2.45) is 5.73 Å². The predicted molar refractivity (Wildman–Crippen MR) is 74.9 cm³/mol. The van der Waals surface area contributed by atoms with E-state index in [1.54, 1.807) is 30.3 Å². The quantitative estimate of drug-likeness (QED) is 0.847. The van der Waals surface area contributed by atoms with Crippen molar-refractivity contribution < 1.29 is 4.79 Å². The molecular weight excluding hydrogens is 268 g/mol. The van der Waals surface area contributed by atoms with Crippen molar-refractivity contribution in [1.82, 2.24) is 0 Å². The Morgan fingerprint density at radius 1 is 1.11 bits per heavy atom. The molecule has 0 heterocycles. The molecular formula is C13H11ClN2OS. The minimum absolute atomic E-state index is 0.426. The van der Waals surface area contributed by atoms with Crippen molar-refractivity contribution in [2.75, 3.05) is 5.73 Å². The Kier molecular flexibility index (Phi) is 3.79. The van der Waals surface area contributed by atoms with Crippen LogP contribution in [0.2, 0.25) is 5.02 Å². The summed E-state index contributed by atoms with van der Waals surface area (Å²) < 4.78 is 0. The van der Waals surface area contributed by atoms with Crippen LogP contribution in [0.25, 0.3) is 0 Å². The Balaban J connectivity index is 2.34. The van der Waals surface area contributed by atoms with Gasteiger partial charge in [-0.25, -0.2) is 0 Å². The van der Waals surface area contributed by atoms with Crippen LogP contribution in [0, 0.1) is 0 Å². The molecule has 3 nitrogen and oxygen atoms in total. The summed E-state index contributed by atoms with van der Waals surface area (Å²) in [6.45, 7) is 0. The van der Waals surface area contributed by atoms with Gasteiger partial charge in [-0.05, 0) is 42.5 Å². The standard InChI is InChI=1S/C13H11ClN2OS/c14-8-1-4-10(5-2-8)18-12-6-3-9(15)7-11(12)13(16)17/h1-7H,15H2,(H2,16,17). The number of hydrogen-bond donors (Lipinski definition) is 2. The number of anilines is 1. The van der Waals surface area contributed by atoms with E-state index in [4.69, 9.17) is 23.1 Å². The largest absolute Gasteiger partial charge is 0.399 e. The normalized spacial score (nSPS) is 10.3. The van der Waals surface area contributed by atoms with Crippen molar-refractivity contribution in [1.29, 1.82) is 0 Å². The fraction of sp³-hybridized carbons (Fsp3) is 0. The fourth-order valence-corrected chi connectivity index (χ4v) is 2.52. The van der Waals surface area contributed by atoms with Crippen LogP contribution in [0.3, 0.4) is 0 Å². The van der Waals surface area contributed by atoms with Gasteiger partial charge in [-0.1, -0.05) is 23.4 Å². The number of halogens is 1. The van der Waals surface area contributed by atoms with Crippen LogP contribution >= 0.6 is 23.4 Å². The first-order valence-corrected chi connectivity index (χ1v) is 6.38. The van der Waals surface area contributed by atoms with Gasteiger partial charge in [0, 0.05) is 20.5 Å². The molecule has 5 heteroatoms. The van der Waals surface area contributed by atoms with Crippen LogP contribution in [0.15, 0.2) is 52.3 Å². The zero-order chi connectivity index (χ0) is 13.1. The maximum absolute atomic E-state index is 11.4. The molecule has 4 N–H and O–H groups in total. The summed E-state index contributed by atoms with van der Waals surface area (Å²) >= 11 is 7.26. The van der Waals surface area contributed by atoms with E-state index in [0.717, 1.165) is 9.79 Å². The maximum atomic E-state index is 11.4. The van der Waals surface area contributed by atoms with Crippen LogP contribution in [0.5, 0.6) is 0 Å². The second-order valence-corrected chi connectivity index (χ2v) is 5.23. The highest BCUT2D eigenvalue weighted by atomic mass is 35.5. The van der Waals surface area contributed by atoms with E-state index in [-0.39, 0.29) is 0 Å². The molecule has 0 atom stereocenters. The number of carbonyl (C=O) groups excluding carboxylic acids is 1. The number of carbonyl (C=O) groups is 1.